The molecule has 39 heavy (non-hydrogen) atoms. The summed E-state index contributed by atoms with van der Waals surface area (Å²) in [7, 11) is 0. The Morgan fingerprint density at radius 1 is 0.769 bits per heavy atom. The maximum atomic E-state index is 14.8. The molecule has 0 aliphatic heterocycles. The minimum Gasteiger partial charge on any atom is -0.316 e. The SMILES string of the molecule is C=CCC[C@H]1CC[C@H](c2ccc(C(F)(F)OCCc3ccc([C@H]4CC[C@H](CCCCC)CC4)cc3)cc2)CC1. The highest BCUT2D eigenvalue weighted by Crippen LogP contribution is 2.39. The van der Waals surface area contributed by atoms with Gasteiger partial charge in [0.25, 0.3) is 0 Å². The second-order valence-electron chi connectivity index (χ2n) is 12.3. The molecule has 0 aromatic heterocycles. The molecule has 2 aromatic carbocycles. The minimum absolute atomic E-state index is 0.00564. The summed E-state index contributed by atoms with van der Waals surface area (Å²) in [6.07, 6.45) is 17.0. The van der Waals surface area contributed by atoms with Crippen LogP contribution in [0.5, 0.6) is 0 Å². The van der Waals surface area contributed by atoms with Crippen molar-refractivity contribution in [2.75, 3.05) is 6.61 Å². The average molecular weight is 537 g/mol. The zero-order chi connectivity index (χ0) is 27.5. The maximum absolute atomic E-state index is 14.8. The summed E-state index contributed by atoms with van der Waals surface area (Å²) in [6, 6.07) is 15.5. The lowest BCUT2D eigenvalue weighted by atomic mass is 9.77. The van der Waals surface area contributed by atoms with E-state index in [9.17, 15) is 8.78 Å². The van der Waals surface area contributed by atoms with Crippen LogP contribution in [0.4, 0.5) is 8.78 Å². The van der Waals surface area contributed by atoms with Crippen LogP contribution in [0.2, 0.25) is 0 Å². The van der Waals surface area contributed by atoms with Crippen molar-refractivity contribution in [1.82, 2.24) is 0 Å². The van der Waals surface area contributed by atoms with Gasteiger partial charge in [0.05, 0.1) is 12.2 Å². The fourth-order valence-electron chi connectivity index (χ4n) is 6.89. The summed E-state index contributed by atoms with van der Waals surface area (Å²) >= 11 is 0. The number of hydrogen-bond donors (Lipinski definition) is 0. The van der Waals surface area contributed by atoms with E-state index < -0.39 is 6.11 Å². The Morgan fingerprint density at radius 3 is 1.85 bits per heavy atom. The van der Waals surface area contributed by atoms with Crippen molar-refractivity contribution in [1.29, 1.82) is 0 Å². The van der Waals surface area contributed by atoms with E-state index in [1.165, 1.54) is 81.8 Å². The van der Waals surface area contributed by atoms with Gasteiger partial charge in [0, 0.05) is 0 Å². The summed E-state index contributed by atoms with van der Waals surface area (Å²) < 4.78 is 34.7. The van der Waals surface area contributed by atoms with E-state index in [2.05, 4.69) is 37.8 Å². The van der Waals surface area contributed by atoms with Crippen LogP contribution in [0, 0.1) is 11.8 Å². The first-order valence-electron chi connectivity index (χ1n) is 15.8. The van der Waals surface area contributed by atoms with Gasteiger partial charge < -0.3 is 4.74 Å². The van der Waals surface area contributed by atoms with Crippen molar-refractivity contribution in [2.24, 2.45) is 11.8 Å². The highest BCUT2D eigenvalue weighted by molar-refractivity contribution is 5.28. The molecule has 0 bridgehead atoms. The quantitative estimate of drug-likeness (QED) is 0.172. The second kappa shape index (κ2) is 15.1. The Hall–Kier alpha value is -2.00. The standard InChI is InChI=1S/C36H50F2O/c1-3-5-7-9-29-12-18-31(19-13-29)32-20-14-30(15-21-32)26-27-39-36(37,38)35-24-22-34(23-25-35)33-16-10-28(11-17-33)8-6-4-2/h4,14-15,20-25,28-29,31,33H,2-3,5-13,16-19,26-27H2,1H3/t28-,29-,31-,33-. The van der Waals surface area contributed by atoms with Gasteiger partial charge in [-0.05, 0) is 111 Å². The van der Waals surface area contributed by atoms with Gasteiger partial charge in [-0.3, -0.25) is 0 Å². The van der Waals surface area contributed by atoms with Crippen molar-refractivity contribution < 1.29 is 13.5 Å². The molecule has 0 N–H and O–H groups in total. The molecular weight excluding hydrogens is 486 g/mol. The molecule has 0 saturated heterocycles. The number of alkyl halides is 2. The molecule has 0 radical (unpaired) electrons. The van der Waals surface area contributed by atoms with Crippen LogP contribution in [-0.2, 0) is 17.3 Å². The fraction of sp³-hybridized carbons (Fsp3) is 0.611. The highest BCUT2D eigenvalue weighted by Gasteiger charge is 2.33. The lowest BCUT2D eigenvalue weighted by Gasteiger charge is -2.29. The largest absolute Gasteiger partial charge is 0.383 e. The first kappa shape index (κ1) is 30.0. The highest BCUT2D eigenvalue weighted by atomic mass is 19.3. The number of rotatable bonds is 14. The van der Waals surface area contributed by atoms with Gasteiger partial charge in [0.15, 0.2) is 0 Å². The summed E-state index contributed by atoms with van der Waals surface area (Å²) in [5.41, 5.74) is 3.59. The third kappa shape index (κ3) is 9.00. The van der Waals surface area contributed by atoms with Gasteiger partial charge >= 0.3 is 6.11 Å². The average Bonchev–Trinajstić information content (AvgIpc) is 2.97. The number of halogens is 2. The van der Waals surface area contributed by atoms with E-state index in [1.54, 1.807) is 12.1 Å². The molecule has 2 saturated carbocycles. The molecule has 0 spiro atoms. The van der Waals surface area contributed by atoms with Crippen LogP contribution < -0.4 is 0 Å². The third-order valence-electron chi connectivity index (χ3n) is 9.53. The molecule has 0 atom stereocenters. The molecule has 2 aromatic rings. The van der Waals surface area contributed by atoms with Crippen molar-refractivity contribution in [3.05, 3.63) is 83.4 Å². The van der Waals surface area contributed by atoms with E-state index in [1.807, 2.05) is 18.2 Å². The van der Waals surface area contributed by atoms with E-state index in [-0.39, 0.29) is 12.2 Å². The zero-order valence-corrected chi connectivity index (χ0v) is 24.2. The number of ether oxygens (including phenoxy) is 1. The molecular formula is C36H50F2O. The van der Waals surface area contributed by atoms with Crippen LogP contribution in [0.3, 0.4) is 0 Å². The fourth-order valence-corrected chi connectivity index (χ4v) is 6.89. The first-order chi connectivity index (χ1) is 19.0. The monoisotopic (exact) mass is 536 g/mol. The van der Waals surface area contributed by atoms with Gasteiger partial charge in [0.2, 0.25) is 0 Å². The number of hydrogen-bond acceptors (Lipinski definition) is 1. The summed E-state index contributed by atoms with van der Waals surface area (Å²) in [4.78, 5) is 0. The van der Waals surface area contributed by atoms with E-state index in [0.717, 1.165) is 36.7 Å². The molecule has 1 nitrogen and oxygen atoms in total. The Bertz CT molecular complexity index is 964. The number of benzene rings is 2. The topological polar surface area (TPSA) is 9.23 Å². The Labute approximate surface area is 236 Å². The smallest absolute Gasteiger partial charge is 0.316 e. The molecule has 214 valence electrons. The van der Waals surface area contributed by atoms with E-state index in [4.69, 9.17) is 4.74 Å². The summed E-state index contributed by atoms with van der Waals surface area (Å²) in [5, 5.41) is 0. The molecule has 3 heteroatoms. The normalized spacial score (nSPS) is 24.0. The van der Waals surface area contributed by atoms with Crippen LogP contribution in [0.15, 0.2) is 61.2 Å². The Morgan fingerprint density at radius 2 is 1.31 bits per heavy atom. The van der Waals surface area contributed by atoms with Crippen LogP contribution >= 0.6 is 0 Å². The van der Waals surface area contributed by atoms with Gasteiger partial charge in [-0.1, -0.05) is 87.2 Å². The van der Waals surface area contributed by atoms with Gasteiger partial charge in [0.1, 0.15) is 0 Å². The van der Waals surface area contributed by atoms with Crippen molar-refractivity contribution in [3.8, 4) is 0 Å². The lowest BCUT2D eigenvalue weighted by Crippen LogP contribution is -2.20. The molecule has 2 aliphatic carbocycles. The van der Waals surface area contributed by atoms with Crippen LogP contribution in [-0.4, -0.2) is 6.61 Å². The summed E-state index contributed by atoms with van der Waals surface area (Å²) in [6.45, 7) is 6.11. The van der Waals surface area contributed by atoms with Crippen molar-refractivity contribution >= 4 is 0 Å². The first-order valence-corrected chi connectivity index (χ1v) is 15.8. The van der Waals surface area contributed by atoms with E-state index in [0.29, 0.717) is 18.3 Å². The Balaban J connectivity index is 1.19. The van der Waals surface area contributed by atoms with Gasteiger partial charge in [-0.15, -0.1) is 6.58 Å². The molecule has 2 fully saturated rings. The third-order valence-corrected chi connectivity index (χ3v) is 9.53. The zero-order valence-electron chi connectivity index (χ0n) is 24.2. The minimum atomic E-state index is -3.27. The molecule has 0 unspecified atom stereocenters. The van der Waals surface area contributed by atoms with Crippen molar-refractivity contribution in [3.63, 3.8) is 0 Å². The van der Waals surface area contributed by atoms with Crippen molar-refractivity contribution in [2.45, 2.75) is 121 Å². The van der Waals surface area contributed by atoms with Crippen LogP contribution in [0.25, 0.3) is 0 Å². The Kier molecular flexibility index (Phi) is 11.6. The molecule has 0 heterocycles. The van der Waals surface area contributed by atoms with Gasteiger partial charge in [-0.2, -0.15) is 8.78 Å². The molecule has 4 rings (SSSR count). The predicted molar refractivity (Wildman–Crippen MR) is 159 cm³/mol. The molecule has 2 aliphatic rings. The maximum Gasteiger partial charge on any atom is 0.383 e. The predicted octanol–water partition coefficient (Wildman–Crippen LogP) is 11.1. The number of unbranched alkanes of at least 4 members (excludes halogenated alkanes) is 2. The number of allylic oxidation sites excluding steroid dienone is 1. The second-order valence-corrected chi connectivity index (χ2v) is 12.3. The lowest BCUT2D eigenvalue weighted by molar-refractivity contribution is -0.248. The van der Waals surface area contributed by atoms with Gasteiger partial charge in [-0.25, -0.2) is 0 Å². The van der Waals surface area contributed by atoms with Crippen LogP contribution in [0.1, 0.15) is 131 Å². The summed E-state index contributed by atoms with van der Waals surface area (Å²) in [5.74, 6) is 2.83. The van der Waals surface area contributed by atoms with E-state index >= 15 is 0 Å². The molecule has 0 amide bonds.